The minimum absolute atomic E-state index is 0.0546. The van der Waals surface area contributed by atoms with Crippen molar-refractivity contribution in [1.29, 1.82) is 0 Å². The molecule has 1 aliphatic carbocycles. The molecule has 3 rings (SSSR count). The molecule has 3 N–H and O–H groups in total. The number of aliphatic hydroxyl groups excluding tert-OH is 1. The summed E-state index contributed by atoms with van der Waals surface area (Å²) in [5, 5.41) is 9.10. The van der Waals surface area contributed by atoms with Crippen LogP contribution in [0.3, 0.4) is 0 Å². The Morgan fingerprint density at radius 1 is 1.45 bits per heavy atom. The van der Waals surface area contributed by atoms with E-state index in [4.69, 9.17) is 15.6 Å². The van der Waals surface area contributed by atoms with Crippen LogP contribution in [-0.4, -0.2) is 30.5 Å². The summed E-state index contributed by atoms with van der Waals surface area (Å²) in [5.41, 5.74) is 5.71. The van der Waals surface area contributed by atoms with Crippen LogP contribution < -0.4 is 5.73 Å². The van der Waals surface area contributed by atoms with E-state index in [2.05, 4.69) is 0 Å². The highest BCUT2D eigenvalue weighted by atomic mass is 16.5. The van der Waals surface area contributed by atoms with E-state index >= 15 is 0 Å². The highest BCUT2D eigenvalue weighted by Crippen LogP contribution is 2.55. The van der Waals surface area contributed by atoms with Crippen molar-refractivity contribution in [1.82, 2.24) is 0 Å². The van der Waals surface area contributed by atoms with Crippen LogP contribution in [0.25, 0.3) is 0 Å². The molecule has 2 heterocycles. The number of aliphatic hydroxyl groups is 1. The quantitative estimate of drug-likeness (QED) is 0.587. The van der Waals surface area contributed by atoms with E-state index < -0.39 is 0 Å². The first-order valence-corrected chi connectivity index (χ1v) is 4.19. The Labute approximate surface area is 66.5 Å². The molecule has 3 fully saturated rings. The number of rotatable bonds is 2. The lowest BCUT2D eigenvalue weighted by Gasteiger charge is -2.59. The van der Waals surface area contributed by atoms with Crippen molar-refractivity contribution < 1.29 is 9.84 Å². The summed E-state index contributed by atoms with van der Waals surface area (Å²) in [6, 6.07) is 0. The first-order valence-electron chi connectivity index (χ1n) is 4.19. The Kier molecular flexibility index (Phi) is 1.50. The highest BCUT2D eigenvalue weighted by molar-refractivity contribution is 5.08. The molecular formula is C8H15NO2. The molecule has 0 atom stereocenters. The molecule has 0 spiro atoms. The maximum Gasteiger partial charge on any atom is 0.0816 e. The van der Waals surface area contributed by atoms with Crippen molar-refractivity contribution in [3.05, 3.63) is 0 Å². The molecule has 2 aliphatic heterocycles. The van der Waals surface area contributed by atoms with Gasteiger partial charge in [0.1, 0.15) is 0 Å². The Balaban J connectivity index is 2.05. The van der Waals surface area contributed by atoms with Gasteiger partial charge in [-0.1, -0.05) is 0 Å². The topological polar surface area (TPSA) is 55.5 Å². The average molecular weight is 157 g/mol. The molecule has 0 amide bonds. The lowest BCUT2D eigenvalue weighted by molar-refractivity contribution is -0.230. The van der Waals surface area contributed by atoms with Gasteiger partial charge < -0.3 is 15.6 Å². The van der Waals surface area contributed by atoms with Crippen molar-refractivity contribution in [3.63, 3.8) is 0 Å². The Bertz CT molecular complexity index is 147. The summed E-state index contributed by atoms with van der Waals surface area (Å²) in [4.78, 5) is 0. The van der Waals surface area contributed by atoms with E-state index in [1.807, 2.05) is 0 Å². The smallest absolute Gasteiger partial charge is 0.0816 e. The van der Waals surface area contributed by atoms with Gasteiger partial charge in [-0.2, -0.15) is 0 Å². The molecule has 1 saturated carbocycles. The fourth-order valence-corrected chi connectivity index (χ4v) is 2.47. The molecule has 2 bridgehead atoms. The monoisotopic (exact) mass is 157 g/mol. The van der Waals surface area contributed by atoms with Crippen molar-refractivity contribution >= 4 is 0 Å². The molecule has 3 nitrogen and oxygen atoms in total. The van der Waals surface area contributed by atoms with E-state index in [-0.39, 0.29) is 11.0 Å². The van der Waals surface area contributed by atoms with Gasteiger partial charge in [0, 0.05) is 25.2 Å². The second-order valence-electron chi connectivity index (χ2n) is 4.00. The van der Waals surface area contributed by atoms with Crippen LogP contribution in [0.1, 0.15) is 19.3 Å². The van der Waals surface area contributed by atoms with Gasteiger partial charge >= 0.3 is 0 Å². The zero-order valence-corrected chi connectivity index (χ0v) is 6.68. The summed E-state index contributed by atoms with van der Waals surface area (Å²) in [7, 11) is 0. The third-order valence-corrected chi connectivity index (χ3v) is 3.14. The fraction of sp³-hybridized carbons (Fsp3) is 1.00. The number of fused-ring (bicyclic) bond motifs is 2. The predicted octanol–water partition coefficient (Wildman–Crippen LogP) is -0.123. The third-order valence-electron chi connectivity index (χ3n) is 3.14. The molecule has 0 aromatic carbocycles. The van der Waals surface area contributed by atoms with Gasteiger partial charge in [0.2, 0.25) is 0 Å². The van der Waals surface area contributed by atoms with Crippen molar-refractivity contribution in [2.75, 3.05) is 19.8 Å². The summed E-state index contributed by atoms with van der Waals surface area (Å²) in [6.07, 6.45) is 2.94. The van der Waals surface area contributed by atoms with Crippen molar-refractivity contribution in [3.8, 4) is 0 Å². The molecule has 0 aromatic rings. The molecular weight excluding hydrogens is 142 g/mol. The van der Waals surface area contributed by atoms with Gasteiger partial charge in [-0.25, -0.2) is 0 Å². The van der Waals surface area contributed by atoms with Crippen LogP contribution in [0.2, 0.25) is 0 Å². The summed E-state index contributed by atoms with van der Waals surface area (Å²) in [6.45, 7) is 1.69. The van der Waals surface area contributed by atoms with E-state index in [1.54, 1.807) is 0 Å². The van der Waals surface area contributed by atoms with Gasteiger partial charge in [0.15, 0.2) is 0 Å². The molecule has 2 saturated heterocycles. The first kappa shape index (κ1) is 7.53. The Morgan fingerprint density at radius 2 is 2.18 bits per heavy atom. The first-order chi connectivity index (χ1) is 5.24. The van der Waals surface area contributed by atoms with Crippen LogP contribution in [0.4, 0.5) is 0 Å². The number of ether oxygens (including phenoxy) is 1. The zero-order valence-electron chi connectivity index (χ0n) is 6.68. The molecule has 0 unspecified atom stereocenters. The number of hydrogen-bond donors (Lipinski definition) is 2. The van der Waals surface area contributed by atoms with E-state index in [9.17, 15) is 0 Å². The van der Waals surface area contributed by atoms with Gasteiger partial charge in [-0.05, 0) is 19.3 Å². The molecule has 3 heteroatoms. The van der Waals surface area contributed by atoms with E-state index in [0.29, 0.717) is 13.2 Å². The summed E-state index contributed by atoms with van der Waals surface area (Å²) < 4.78 is 5.57. The van der Waals surface area contributed by atoms with E-state index in [0.717, 1.165) is 25.9 Å². The average Bonchev–Trinajstić information content (AvgIpc) is 2.04. The number of hydrogen-bond acceptors (Lipinski definition) is 3. The largest absolute Gasteiger partial charge is 0.396 e. The van der Waals surface area contributed by atoms with Crippen LogP contribution in [0.15, 0.2) is 0 Å². The standard InChI is InChI=1S/C8H15NO2/c9-5-8-3-7(4-8,6-10)1-2-11-8/h10H,1-6,9H2. The normalized spacial score (nSPS) is 48.5. The van der Waals surface area contributed by atoms with Crippen LogP contribution in [0, 0.1) is 5.41 Å². The fourth-order valence-electron chi connectivity index (χ4n) is 2.47. The number of nitrogens with two attached hydrogens (primary N) is 1. The molecule has 0 radical (unpaired) electrons. The van der Waals surface area contributed by atoms with Gasteiger partial charge in [0.05, 0.1) is 5.60 Å². The maximum atomic E-state index is 9.10. The predicted molar refractivity (Wildman–Crippen MR) is 41.1 cm³/mol. The van der Waals surface area contributed by atoms with Crippen LogP contribution >= 0.6 is 0 Å². The summed E-state index contributed by atoms with van der Waals surface area (Å²) >= 11 is 0. The van der Waals surface area contributed by atoms with Gasteiger partial charge in [-0.15, -0.1) is 0 Å². The maximum absolute atomic E-state index is 9.10. The summed E-state index contributed by atoms with van der Waals surface area (Å²) in [5.74, 6) is 0. The molecule has 3 aliphatic rings. The Hall–Kier alpha value is -0.120. The lowest BCUT2D eigenvalue weighted by atomic mass is 9.56. The second-order valence-corrected chi connectivity index (χ2v) is 4.00. The van der Waals surface area contributed by atoms with Gasteiger partial charge in [0.25, 0.3) is 0 Å². The molecule has 0 aromatic heterocycles. The molecule has 64 valence electrons. The zero-order chi connectivity index (χ0) is 7.95. The third kappa shape index (κ3) is 0.916. The highest BCUT2D eigenvalue weighted by Gasteiger charge is 2.57. The lowest BCUT2D eigenvalue weighted by Crippen LogP contribution is -2.63. The van der Waals surface area contributed by atoms with Gasteiger partial charge in [-0.3, -0.25) is 0 Å². The van der Waals surface area contributed by atoms with E-state index in [1.165, 1.54) is 0 Å². The van der Waals surface area contributed by atoms with Crippen LogP contribution in [-0.2, 0) is 4.74 Å². The van der Waals surface area contributed by atoms with Crippen molar-refractivity contribution in [2.24, 2.45) is 11.1 Å². The molecule has 11 heavy (non-hydrogen) atoms. The van der Waals surface area contributed by atoms with Crippen LogP contribution in [0.5, 0.6) is 0 Å². The minimum Gasteiger partial charge on any atom is -0.396 e. The van der Waals surface area contributed by atoms with Crippen molar-refractivity contribution in [2.45, 2.75) is 24.9 Å². The SMILES string of the molecule is NCC12CC(CO)(CCO1)C2. The Morgan fingerprint density at radius 3 is 2.73 bits per heavy atom. The second kappa shape index (κ2) is 2.19. The minimum atomic E-state index is -0.0546.